The number of hydrogen-bond acceptors (Lipinski definition) is 1. The fourth-order valence-corrected chi connectivity index (χ4v) is 1.10. The van der Waals surface area contributed by atoms with E-state index in [1.165, 1.54) is 12.1 Å². The van der Waals surface area contributed by atoms with Gasteiger partial charge in [0.15, 0.2) is 0 Å². The van der Waals surface area contributed by atoms with Crippen molar-refractivity contribution in [2.45, 2.75) is 6.18 Å². The second kappa shape index (κ2) is 3.31. The van der Waals surface area contributed by atoms with Gasteiger partial charge in [0.2, 0.25) is 0 Å². The van der Waals surface area contributed by atoms with Crippen LogP contribution in [0.5, 0.6) is 0 Å². The number of halogens is 3. The maximum absolute atomic E-state index is 12.0. The van der Waals surface area contributed by atoms with Gasteiger partial charge >= 0.3 is 6.18 Å². The molecule has 0 spiro atoms. The molecule has 1 unspecified atom stereocenters. The van der Waals surface area contributed by atoms with E-state index in [2.05, 4.69) is 0 Å². The van der Waals surface area contributed by atoms with Crippen molar-refractivity contribution in [2.75, 3.05) is 0 Å². The molecule has 0 aromatic heterocycles. The number of alkyl halides is 3. The van der Waals surface area contributed by atoms with E-state index in [0.29, 0.717) is 5.30 Å². The summed E-state index contributed by atoms with van der Waals surface area (Å²) in [4.78, 5) is 0. The molecule has 0 aliphatic carbocycles. The van der Waals surface area contributed by atoms with Gasteiger partial charge < -0.3 is 4.57 Å². The molecule has 0 heterocycles. The predicted molar refractivity (Wildman–Crippen MR) is 41.5 cm³/mol. The summed E-state index contributed by atoms with van der Waals surface area (Å²) in [5.74, 6) is 0. The fourth-order valence-electron chi connectivity index (χ4n) is 0.751. The summed E-state index contributed by atoms with van der Waals surface area (Å²) in [6.07, 6.45) is -4.31. The van der Waals surface area contributed by atoms with Crippen LogP contribution in [-0.4, -0.2) is 0 Å². The minimum atomic E-state index is -4.31. The highest BCUT2D eigenvalue weighted by Crippen LogP contribution is 2.28. The van der Waals surface area contributed by atoms with E-state index >= 15 is 0 Å². The molecular weight excluding hydrogens is 188 g/mol. The van der Waals surface area contributed by atoms with Gasteiger partial charge in [-0.2, -0.15) is 13.2 Å². The van der Waals surface area contributed by atoms with Crippen LogP contribution in [0.3, 0.4) is 0 Å². The highest BCUT2D eigenvalue weighted by atomic mass is 31.1. The molecule has 1 nitrogen and oxygen atoms in total. The maximum atomic E-state index is 12.0. The molecule has 1 aromatic carbocycles. The van der Waals surface area contributed by atoms with E-state index in [1.54, 1.807) is 0 Å². The summed E-state index contributed by atoms with van der Waals surface area (Å²) in [7, 11) is -1.15. The Labute approximate surface area is 68.4 Å². The average molecular weight is 194 g/mol. The van der Waals surface area contributed by atoms with Crippen LogP contribution in [-0.2, 0) is 10.7 Å². The van der Waals surface area contributed by atoms with Crippen LogP contribution >= 0.6 is 8.46 Å². The monoisotopic (exact) mass is 194 g/mol. The molecule has 1 aromatic rings. The molecule has 0 radical (unpaired) electrons. The lowest BCUT2D eigenvalue weighted by molar-refractivity contribution is -0.137. The summed E-state index contributed by atoms with van der Waals surface area (Å²) in [5, 5.41) is 0.447. The average Bonchev–Trinajstić information content (AvgIpc) is 2.03. The first-order chi connectivity index (χ1) is 5.54. The third-order valence-corrected chi connectivity index (χ3v) is 2.03. The van der Waals surface area contributed by atoms with Crippen LogP contribution in [0, 0.1) is 0 Å². The molecule has 1 rings (SSSR count). The van der Waals surface area contributed by atoms with Crippen LogP contribution in [0.15, 0.2) is 24.3 Å². The van der Waals surface area contributed by atoms with Crippen molar-refractivity contribution in [3.63, 3.8) is 0 Å². The van der Waals surface area contributed by atoms with Gasteiger partial charge in [-0.3, -0.25) is 0 Å². The molecule has 0 fully saturated rings. The van der Waals surface area contributed by atoms with E-state index in [-0.39, 0.29) is 0 Å². The Bertz CT molecular complexity index is 278. The van der Waals surface area contributed by atoms with Crippen molar-refractivity contribution < 1.29 is 17.7 Å². The minimum absolute atomic E-state index is 0.447. The van der Waals surface area contributed by atoms with Gasteiger partial charge in [-0.1, -0.05) is 12.1 Å². The first kappa shape index (κ1) is 9.33. The second-order valence-corrected chi connectivity index (χ2v) is 3.14. The SMILES string of the molecule is O=[PH2]c1ccc(C(F)(F)F)cc1. The topological polar surface area (TPSA) is 17.1 Å². The zero-order valence-electron chi connectivity index (χ0n) is 5.93. The van der Waals surface area contributed by atoms with Gasteiger partial charge in [-0.05, 0) is 12.1 Å². The molecule has 0 aliphatic heterocycles. The molecule has 0 amide bonds. The quantitative estimate of drug-likeness (QED) is 0.625. The zero-order valence-corrected chi connectivity index (χ0v) is 7.08. The molecule has 12 heavy (non-hydrogen) atoms. The first-order valence-corrected chi connectivity index (χ1v) is 4.21. The highest BCUT2D eigenvalue weighted by Gasteiger charge is 2.29. The molecule has 0 saturated heterocycles. The largest absolute Gasteiger partial charge is 0.416 e. The van der Waals surface area contributed by atoms with Crippen molar-refractivity contribution in [3.05, 3.63) is 29.8 Å². The van der Waals surface area contributed by atoms with Crippen molar-refractivity contribution in [1.82, 2.24) is 0 Å². The van der Waals surface area contributed by atoms with Gasteiger partial charge in [-0.25, -0.2) is 0 Å². The summed E-state index contributed by atoms with van der Waals surface area (Å²) >= 11 is 0. The lowest BCUT2D eigenvalue weighted by Crippen LogP contribution is -2.05. The van der Waals surface area contributed by atoms with Crippen molar-refractivity contribution in [2.24, 2.45) is 0 Å². The van der Waals surface area contributed by atoms with E-state index in [9.17, 15) is 17.7 Å². The fraction of sp³-hybridized carbons (Fsp3) is 0.143. The minimum Gasteiger partial charge on any atom is -0.325 e. The number of rotatable bonds is 1. The van der Waals surface area contributed by atoms with Gasteiger partial charge in [0.25, 0.3) is 0 Å². The summed E-state index contributed by atoms with van der Waals surface area (Å²) in [6, 6.07) is 4.32. The Morgan fingerprint density at radius 2 is 1.58 bits per heavy atom. The maximum Gasteiger partial charge on any atom is 0.416 e. The Kier molecular flexibility index (Phi) is 2.58. The van der Waals surface area contributed by atoms with E-state index in [1.807, 2.05) is 0 Å². The Balaban J connectivity index is 3.00. The molecule has 66 valence electrons. The lowest BCUT2D eigenvalue weighted by atomic mass is 10.2. The third-order valence-electron chi connectivity index (χ3n) is 1.37. The summed E-state index contributed by atoms with van der Waals surface area (Å²) in [6.45, 7) is 0. The zero-order chi connectivity index (χ0) is 9.19. The smallest absolute Gasteiger partial charge is 0.325 e. The molecule has 0 aliphatic rings. The predicted octanol–water partition coefficient (Wildman–Crippen LogP) is 2.09. The van der Waals surface area contributed by atoms with Crippen LogP contribution in [0.25, 0.3) is 0 Å². The van der Waals surface area contributed by atoms with Crippen LogP contribution in [0.1, 0.15) is 5.56 Å². The first-order valence-electron chi connectivity index (χ1n) is 3.16. The molecule has 0 saturated carbocycles. The second-order valence-electron chi connectivity index (χ2n) is 2.24. The van der Waals surface area contributed by atoms with Crippen molar-refractivity contribution in [1.29, 1.82) is 0 Å². The normalized spacial score (nSPS) is 12.6. The van der Waals surface area contributed by atoms with Crippen molar-refractivity contribution in [3.8, 4) is 0 Å². The molecule has 1 atom stereocenters. The Morgan fingerprint density at radius 3 is 1.92 bits per heavy atom. The summed E-state index contributed by atoms with van der Waals surface area (Å²) in [5.41, 5.74) is -0.709. The van der Waals surface area contributed by atoms with Gasteiger partial charge in [0.1, 0.15) is 0 Å². The van der Waals surface area contributed by atoms with Gasteiger partial charge in [0.05, 0.1) is 14.0 Å². The molecule has 0 bridgehead atoms. The number of hydrogen-bond donors (Lipinski definition) is 0. The van der Waals surface area contributed by atoms with E-state index in [4.69, 9.17) is 0 Å². The molecule has 5 heteroatoms. The number of benzene rings is 1. The lowest BCUT2D eigenvalue weighted by Gasteiger charge is -2.05. The van der Waals surface area contributed by atoms with Gasteiger partial charge in [-0.15, -0.1) is 0 Å². The van der Waals surface area contributed by atoms with E-state index in [0.717, 1.165) is 12.1 Å². The summed E-state index contributed by atoms with van der Waals surface area (Å²) < 4.78 is 46.2. The van der Waals surface area contributed by atoms with Gasteiger partial charge in [0, 0.05) is 5.30 Å². The standard InChI is InChI=1S/C7H6F3OP/c8-7(9,10)5-1-3-6(12-11)4-2-5/h1-4H,12H2. The highest BCUT2D eigenvalue weighted by molar-refractivity contribution is 7.34. The van der Waals surface area contributed by atoms with Crippen LogP contribution in [0.2, 0.25) is 0 Å². The molecule has 0 N–H and O–H groups in total. The van der Waals surface area contributed by atoms with E-state index < -0.39 is 20.2 Å². The Hall–Kier alpha value is -0.760. The van der Waals surface area contributed by atoms with Crippen molar-refractivity contribution >= 4 is 13.8 Å². The Morgan fingerprint density at radius 1 is 1.08 bits per heavy atom. The third kappa shape index (κ3) is 2.11. The van der Waals surface area contributed by atoms with Crippen LogP contribution < -0.4 is 5.30 Å². The van der Waals surface area contributed by atoms with Crippen LogP contribution in [0.4, 0.5) is 13.2 Å². The molecular formula is C7H6F3OP.